The average Bonchev–Trinajstić information content (AvgIpc) is 2.00. The predicted octanol–water partition coefficient (Wildman–Crippen LogP) is -1.24. The third kappa shape index (κ3) is 8.31. The maximum absolute atomic E-state index is 10.3. The number of rotatable bonds is 8. The lowest BCUT2D eigenvalue weighted by Crippen LogP contribution is -2.37. The van der Waals surface area contributed by atoms with Crippen LogP contribution in [0.1, 0.15) is 6.42 Å². The fraction of sp³-hybridized carbons (Fsp3) is 0.889. The molecule has 0 saturated heterocycles. The van der Waals surface area contributed by atoms with Crippen molar-refractivity contribution in [1.29, 1.82) is 0 Å². The summed E-state index contributed by atoms with van der Waals surface area (Å²) in [7, 11) is 3.19. The molecule has 3 N–H and O–H groups in total. The first kappa shape index (κ1) is 14.3. The van der Waals surface area contributed by atoms with Gasteiger partial charge in [0.2, 0.25) is 0 Å². The number of ether oxygens (including phenoxy) is 1. The van der Waals surface area contributed by atoms with Crippen LogP contribution >= 0.6 is 0 Å². The lowest BCUT2D eigenvalue weighted by molar-refractivity contribution is -0.139. The highest BCUT2D eigenvalue weighted by molar-refractivity contribution is 5.67. The van der Waals surface area contributed by atoms with Gasteiger partial charge in [0.1, 0.15) is 0 Å². The van der Waals surface area contributed by atoms with Crippen LogP contribution in [0.4, 0.5) is 0 Å². The molecule has 0 fully saturated rings. The number of aliphatic hydroxyl groups excluding tert-OH is 2. The van der Waals surface area contributed by atoms with Crippen LogP contribution < -0.4 is 0 Å². The Bertz CT molecular complexity index is 187. The van der Waals surface area contributed by atoms with Gasteiger partial charge in [-0.05, 0) is 7.05 Å². The zero-order valence-electron chi connectivity index (χ0n) is 9.09. The van der Waals surface area contributed by atoms with Crippen LogP contribution in [0.15, 0.2) is 0 Å². The fourth-order valence-electron chi connectivity index (χ4n) is 1.31. The Balaban J connectivity index is 3.71. The Kier molecular flexibility index (Phi) is 7.23. The Hall–Kier alpha value is -0.690. The van der Waals surface area contributed by atoms with Crippen molar-refractivity contribution in [1.82, 2.24) is 4.90 Å². The molecule has 0 amide bonds. The SMILES string of the molecule is COCC(O)CN(C)CC(O)CC(=O)O. The molecular weight excluding hydrogens is 202 g/mol. The summed E-state index contributed by atoms with van der Waals surface area (Å²) in [5.41, 5.74) is 0. The van der Waals surface area contributed by atoms with Gasteiger partial charge >= 0.3 is 5.97 Å². The smallest absolute Gasteiger partial charge is 0.306 e. The van der Waals surface area contributed by atoms with Crippen LogP contribution in [0.2, 0.25) is 0 Å². The molecule has 0 rings (SSSR count). The number of likely N-dealkylation sites (N-methyl/N-ethyl adjacent to an activating group) is 1. The molecule has 6 heteroatoms. The second-order valence-electron chi connectivity index (χ2n) is 3.58. The van der Waals surface area contributed by atoms with Gasteiger partial charge in [0.25, 0.3) is 0 Å². The third-order valence-corrected chi connectivity index (χ3v) is 1.81. The summed E-state index contributed by atoms with van der Waals surface area (Å²) in [6.07, 6.45) is -1.83. The van der Waals surface area contributed by atoms with E-state index in [4.69, 9.17) is 9.84 Å². The molecule has 6 nitrogen and oxygen atoms in total. The minimum absolute atomic E-state index is 0.215. The van der Waals surface area contributed by atoms with Crippen molar-refractivity contribution < 1.29 is 24.9 Å². The Morgan fingerprint density at radius 3 is 2.33 bits per heavy atom. The maximum Gasteiger partial charge on any atom is 0.306 e. The van der Waals surface area contributed by atoms with E-state index >= 15 is 0 Å². The van der Waals surface area contributed by atoms with Gasteiger partial charge in [-0.3, -0.25) is 4.79 Å². The number of aliphatic hydroxyl groups is 2. The minimum atomic E-state index is -1.03. The van der Waals surface area contributed by atoms with Gasteiger partial charge in [0.15, 0.2) is 0 Å². The zero-order valence-corrected chi connectivity index (χ0v) is 9.09. The van der Waals surface area contributed by atoms with Gasteiger partial charge in [-0.15, -0.1) is 0 Å². The van der Waals surface area contributed by atoms with Crippen LogP contribution in [0.3, 0.4) is 0 Å². The van der Waals surface area contributed by atoms with Crippen molar-refractivity contribution >= 4 is 5.97 Å². The van der Waals surface area contributed by atoms with E-state index in [0.717, 1.165) is 0 Å². The van der Waals surface area contributed by atoms with Crippen molar-refractivity contribution in [3.05, 3.63) is 0 Å². The van der Waals surface area contributed by atoms with Crippen LogP contribution in [0.25, 0.3) is 0 Å². The highest BCUT2D eigenvalue weighted by atomic mass is 16.5. The first-order valence-electron chi connectivity index (χ1n) is 4.71. The molecule has 0 aromatic heterocycles. The van der Waals surface area contributed by atoms with Crippen molar-refractivity contribution in [2.45, 2.75) is 18.6 Å². The van der Waals surface area contributed by atoms with E-state index in [0.29, 0.717) is 6.54 Å². The molecule has 0 aromatic carbocycles. The molecule has 0 radical (unpaired) electrons. The van der Waals surface area contributed by atoms with Crippen molar-refractivity contribution in [2.75, 3.05) is 33.9 Å². The lowest BCUT2D eigenvalue weighted by Gasteiger charge is -2.22. The second kappa shape index (κ2) is 7.58. The number of aliphatic carboxylic acids is 1. The summed E-state index contributed by atoms with van der Waals surface area (Å²) >= 11 is 0. The van der Waals surface area contributed by atoms with Gasteiger partial charge in [0.05, 0.1) is 25.2 Å². The fourth-order valence-corrected chi connectivity index (χ4v) is 1.31. The Morgan fingerprint density at radius 2 is 1.87 bits per heavy atom. The number of hydrogen-bond donors (Lipinski definition) is 3. The van der Waals surface area contributed by atoms with Gasteiger partial charge < -0.3 is 25.0 Å². The molecule has 0 spiro atoms. The summed E-state index contributed by atoms with van der Waals surface area (Å²) in [6, 6.07) is 0. The van der Waals surface area contributed by atoms with Crippen molar-refractivity contribution in [3.63, 3.8) is 0 Å². The average molecular weight is 221 g/mol. The second-order valence-corrected chi connectivity index (χ2v) is 3.58. The lowest BCUT2D eigenvalue weighted by atomic mass is 10.2. The number of hydrogen-bond acceptors (Lipinski definition) is 5. The number of carboxylic acids is 1. The minimum Gasteiger partial charge on any atom is -0.481 e. The van der Waals surface area contributed by atoms with E-state index in [9.17, 15) is 15.0 Å². The van der Waals surface area contributed by atoms with E-state index in [-0.39, 0.29) is 19.6 Å². The van der Waals surface area contributed by atoms with Crippen LogP contribution in [-0.2, 0) is 9.53 Å². The molecule has 15 heavy (non-hydrogen) atoms. The molecule has 0 saturated carbocycles. The van der Waals surface area contributed by atoms with Crippen LogP contribution in [-0.4, -0.2) is 72.3 Å². The molecular formula is C9H19NO5. The van der Waals surface area contributed by atoms with Gasteiger partial charge in [0, 0.05) is 20.2 Å². The van der Waals surface area contributed by atoms with E-state index in [1.165, 1.54) is 7.11 Å². The molecule has 0 aliphatic heterocycles. The summed E-state index contributed by atoms with van der Waals surface area (Å²) in [5.74, 6) is -1.03. The molecule has 2 unspecified atom stereocenters. The van der Waals surface area contributed by atoms with Gasteiger partial charge in [-0.2, -0.15) is 0 Å². The molecule has 0 heterocycles. The molecule has 0 aliphatic carbocycles. The van der Waals surface area contributed by atoms with Crippen LogP contribution in [0, 0.1) is 0 Å². The first-order valence-corrected chi connectivity index (χ1v) is 4.71. The normalized spacial score (nSPS) is 15.3. The molecule has 2 atom stereocenters. The summed E-state index contributed by atoms with van der Waals surface area (Å²) < 4.78 is 4.74. The van der Waals surface area contributed by atoms with E-state index in [1.54, 1.807) is 11.9 Å². The first-order chi connectivity index (χ1) is 6.95. The summed E-state index contributed by atoms with van der Waals surface area (Å²) in [4.78, 5) is 11.9. The van der Waals surface area contributed by atoms with Crippen molar-refractivity contribution in [3.8, 4) is 0 Å². The topological polar surface area (TPSA) is 90.2 Å². The van der Waals surface area contributed by atoms with Gasteiger partial charge in [-0.25, -0.2) is 0 Å². The molecule has 0 bridgehead atoms. The Morgan fingerprint density at radius 1 is 1.33 bits per heavy atom. The number of carbonyl (C=O) groups is 1. The highest BCUT2D eigenvalue weighted by Crippen LogP contribution is 1.97. The maximum atomic E-state index is 10.3. The molecule has 90 valence electrons. The standard InChI is InChI=1S/C9H19NO5/c1-10(5-8(12)6-15-2)4-7(11)3-9(13)14/h7-8,11-12H,3-6H2,1-2H3,(H,13,14). The monoisotopic (exact) mass is 221 g/mol. The summed E-state index contributed by atoms with van der Waals surface area (Å²) in [6.45, 7) is 0.775. The molecule has 0 aliphatic rings. The predicted molar refractivity (Wildman–Crippen MR) is 53.6 cm³/mol. The van der Waals surface area contributed by atoms with E-state index in [1.807, 2.05) is 0 Å². The molecule has 0 aromatic rings. The highest BCUT2D eigenvalue weighted by Gasteiger charge is 2.14. The third-order valence-electron chi connectivity index (χ3n) is 1.81. The van der Waals surface area contributed by atoms with Crippen molar-refractivity contribution in [2.24, 2.45) is 0 Å². The number of nitrogens with zero attached hydrogens (tertiary/aromatic N) is 1. The quantitative estimate of drug-likeness (QED) is 0.475. The zero-order chi connectivity index (χ0) is 11.8. The summed E-state index contributed by atoms with van der Waals surface area (Å²) in [5, 5.41) is 27.1. The number of carboxylic acid groups (broad SMARTS) is 1. The van der Waals surface area contributed by atoms with Gasteiger partial charge in [-0.1, -0.05) is 0 Å². The number of methoxy groups -OCH3 is 1. The van der Waals surface area contributed by atoms with E-state index in [2.05, 4.69) is 0 Å². The Labute approximate surface area is 89.1 Å². The van der Waals surface area contributed by atoms with Crippen LogP contribution in [0.5, 0.6) is 0 Å². The largest absolute Gasteiger partial charge is 0.481 e. The van der Waals surface area contributed by atoms with E-state index < -0.39 is 18.2 Å².